The second-order valence-corrected chi connectivity index (χ2v) is 7.70. The number of nitrogens with zero attached hydrogens (tertiary/aromatic N) is 2. The van der Waals surface area contributed by atoms with E-state index in [0.717, 1.165) is 24.0 Å². The van der Waals surface area contributed by atoms with Gasteiger partial charge in [0.25, 0.3) is 0 Å². The van der Waals surface area contributed by atoms with Crippen molar-refractivity contribution in [1.82, 2.24) is 9.21 Å². The molecule has 1 atom stereocenters. The average Bonchev–Trinajstić information content (AvgIpc) is 2.97. The molecule has 118 valence electrons. The molecule has 2 rings (SSSR count). The minimum atomic E-state index is -3.41. The molecule has 1 aromatic carbocycles. The van der Waals surface area contributed by atoms with Gasteiger partial charge < -0.3 is 10.6 Å². The Morgan fingerprint density at radius 1 is 1.33 bits per heavy atom. The third-order valence-electron chi connectivity index (χ3n) is 4.27. The number of nitrogens with two attached hydrogens (primary N) is 1. The molecule has 1 unspecified atom stereocenters. The zero-order valence-electron chi connectivity index (χ0n) is 13.0. The van der Waals surface area contributed by atoms with Gasteiger partial charge in [-0.25, -0.2) is 8.42 Å². The first-order chi connectivity index (χ1) is 9.90. The van der Waals surface area contributed by atoms with Gasteiger partial charge in [-0.3, -0.25) is 0 Å². The summed E-state index contributed by atoms with van der Waals surface area (Å²) in [4.78, 5) is 2.45. The van der Waals surface area contributed by atoms with E-state index < -0.39 is 10.0 Å². The Kier molecular flexibility index (Phi) is 5.03. The largest absolute Gasteiger partial charge is 0.326 e. The molecule has 0 radical (unpaired) electrons. The maximum absolute atomic E-state index is 12.7. The summed E-state index contributed by atoms with van der Waals surface area (Å²) >= 11 is 0. The zero-order chi connectivity index (χ0) is 15.6. The summed E-state index contributed by atoms with van der Waals surface area (Å²) in [5.74, 6) is 0. The van der Waals surface area contributed by atoms with Crippen LogP contribution in [0.5, 0.6) is 0 Å². The standard InChI is InChI=1S/C15H25N3O2S/c1-4-12-5-6-15(9-13(12)10-16)21(19,20)18-8-7-14(11-18)17(2)3/h5-6,9,14H,4,7-8,10-11,16H2,1-3H3. The highest BCUT2D eigenvalue weighted by Crippen LogP contribution is 2.24. The lowest BCUT2D eigenvalue weighted by atomic mass is 10.1. The Bertz CT molecular complexity index is 599. The van der Waals surface area contributed by atoms with Crippen LogP contribution in [0.2, 0.25) is 0 Å². The highest BCUT2D eigenvalue weighted by Gasteiger charge is 2.33. The quantitative estimate of drug-likeness (QED) is 0.882. The molecular weight excluding hydrogens is 286 g/mol. The molecule has 0 aliphatic carbocycles. The fraction of sp³-hybridized carbons (Fsp3) is 0.600. The lowest BCUT2D eigenvalue weighted by Gasteiger charge is -2.20. The molecule has 0 saturated carbocycles. The molecule has 1 fully saturated rings. The molecule has 1 saturated heterocycles. The van der Waals surface area contributed by atoms with Crippen molar-refractivity contribution < 1.29 is 8.42 Å². The predicted octanol–water partition coefficient (Wildman–Crippen LogP) is 1.03. The molecule has 1 aliphatic heterocycles. The molecule has 5 nitrogen and oxygen atoms in total. The van der Waals surface area contributed by atoms with Crippen molar-refractivity contribution in [3.63, 3.8) is 0 Å². The predicted molar refractivity (Wildman–Crippen MR) is 84.6 cm³/mol. The summed E-state index contributed by atoms with van der Waals surface area (Å²) in [5, 5.41) is 0. The minimum absolute atomic E-state index is 0.295. The van der Waals surface area contributed by atoms with Crippen LogP contribution in [0.3, 0.4) is 0 Å². The first kappa shape index (κ1) is 16.4. The fourth-order valence-electron chi connectivity index (χ4n) is 2.80. The van der Waals surface area contributed by atoms with Gasteiger partial charge in [-0.2, -0.15) is 4.31 Å². The Morgan fingerprint density at radius 2 is 2.05 bits per heavy atom. The van der Waals surface area contributed by atoms with E-state index in [1.807, 2.05) is 27.1 Å². The number of likely N-dealkylation sites (N-methyl/N-ethyl adjacent to an activating group) is 1. The van der Waals surface area contributed by atoms with Gasteiger partial charge in [0.05, 0.1) is 4.90 Å². The summed E-state index contributed by atoms with van der Waals surface area (Å²) < 4.78 is 27.1. The van der Waals surface area contributed by atoms with E-state index in [9.17, 15) is 8.42 Å². The SMILES string of the molecule is CCc1ccc(S(=O)(=O)N2CCC(N(C)C)C2)cc1CN. The summed E-state index contributed by atoms with van der Waals surface area (Å²) in [5.41, 5.74) is 7.77. The molecule has 0 bridgehead atoms. The molecular formula is C15H25N3O2S. The number of hydrogen-bond acceptors (Lipinski definition) is 4. The molecule has 0 aromatic heterocycles. The summed E-state index contributed by atoms with van der Waals surface area (Å²) in [7, 11) is 0.567. The van der Waals surface area contributed by atoms with Crippen molar-refractivity contribution in [3.05, 3.63) is 29.3 Å². The van der Waals surface area contributed by atoms with Crippen LogP contribution < -0.4 is 5.73 Å². The van der Waals surface area contributed by atoms with Gasteiger partial charge in [0.2, 0.25) is 10.0 Å². The number of hydrogen-bond donors (Lipinski definition) is 1. The monoisotopic (exact) mass is 311 g/mol. The van der Waals surface area contributed by atoms with Gasteiger partial charge in [0, 0.05) is 25.7 Å². The van der Waals surface area contributed by atoms with Gasteiger partial charge in [-0.1, -0.05) is 13.0 Å². The van der Waals surface area contributed by atoms with E-state index in [1.165, 1.54) is 0 Å². The molecule has 6 heteroatoms. The van der Waals surface area contributed by atoms with E-state index in [1.54, 1.807) is 16.4 Å². The summed E-state index contributed by atoms with van der Waals surface area (Å²) in [6.07, 6.45) is 1.74. The Morgan fingerprint density at radius 3 is 2.57 bits per heavy atom. The Hall–Kier alpha value is -0.950. The van der Waals surface area contributed by atoms with Crippen LogP contribution in [-0.2, 0) is 23.0 Å². The molecule has 1 aliphatic rings. The van der Waals surface area contributed by atoms with E-state index in [-0.39, 0.29) is 0 Å². The van der Waals surface area contributed by atoms with Crippen molar-refractivity contribution in [2.24, 2.45) is 5.73 Å². The molecule has 1 aromatic rings. The zero-order valence-corrected chi connectivity index (χ0v) is 13.9. The van der Waals surface area contributed by atoms with Crippen molar-refractivity contribution in [2.75, 3.05) is 27.2 Å². The normalized spacial score (nSPS) is 20.3. The molecule has 2 N–H and O–H groups in total. The van der Waals surface area contributed by atoms with E-state index in [4.69, 9.17) is 5.73 Å². The smallest absolute Gasteiger partial charge is 0.243 e. The van der Waals surface area contributed by atoms with E-state index >= 15 is 0 Å². The van der Waals surface area contributed by atoms with Gasteiger partial charge >= 0.3 is 0 Å². The van der Waals surface area contributed by atoms with Crippen LogP contribution in [0.4, 0.5) is 0 Å². The third-order valence-corrected chi connectivity index (χ3v) is 6.13. The Labute approximate surface area is 127 Å². The minimum Gasteiger partial charge on any atom is -0.326 e. The average molecular weight is 311 g/mol. The van der Waals surface area contributed by atoms with Gasteiger partial charge in [0.15, 0.2) is 0 Å². The lowest BCUT2D eigenvalue weighted by molar-refractivity contribution is 0.302. The molecule has 21 heavy (non-hydrogen) atoms. The maximum Gasteiger partial charge on any atom is 0.243 e. The van der Waals surface area contributed by atoms with E-state index in [2.05, 4.69) is 4.90 Å². The highest BCUT2D eigenvalue weighted by atomic mass is 32.2. The first-order valence-corrected chi connectivity index (χ1v) is 8.82. The van der Waals surface area contributed by atoms with Crippen LogP contribution in [0.1, 0.15) is 24.5 Å². The second-order valence-electron chi connectivity index (χ2n) is 5.76. The fourth-order valence-corrected chi connectivity index (χ4v) is 4.34. The molecule has 0 amide bonds. The van der Waals surface area contributed by atoms with Crippen LogP contribution in [0.25, 0.3) is 0 Å². The number of benzene rings is 1. The number of sulfonamides is 1. The van der Waals surface area contributed by atoms with Gasteiger partial charge in [-0.15, -0.1) is 0 Å². The maximum atomic E-state index is 12.7. The highest BCUT2D eigenvalue weighted by molar-refractivity contribution is 7.89. The second kappa shape index (κ2) is 6.44. The molecule has 0 spiro atoms. The van der Waals surface area contributed by atoms with Crippen LogP contribution in [0.15, 0.2) is 23.1 Å². The Balaban J connectivity index is 2.28. The van der Waals surface area contributed by atoms with Gasteiger partial charge in [-0.05, 0) is 50.2 Å². The first-order valence-electron chi connectivity index (χ1n) is 7.38. The summed E-state index contributed by atoms with van der Waals surface area (Å²) in [6, 6.07) is 5.62. The van der Waals surface area contributed by atoms with Crippen LogP contribution in [0, 0.1) is 0 Å². The van der Waals surface area contributed by atoms with Gasteiger partial charge in [0.1, 0.15) is 0 Å². The third kappa shape index (κ3) is 3.29. The van der Waals surface area contributed by atoms with Crippen LogP contribution >= 0.6 is 0 Å². The summed E-state index contributed by atoms with van der Waals surface area (Å²) in [6.45, 7) is 3.55. The lowest BCUT2D eigenvalue weighted by Crippen LogP contribution is -2.34. The molecule has 1 heterocycles. The topological polar surface area (TPSA) is 66.6 Å². The van der Waals surface area contributed by atoms with Crippen molar-refractivity contribution >= 4 is 10.0 Å². The number of aryl methyl sites for hydroxylation is 1. The van der Waals surface area contributed by atoms with Crippen molar-refractivity contribution in [2.45, 2.75) is 37.2 Å². The number of rotatable bonds is 5. The van der Waals surface area contributed by atoms with Crippen LogP contribution in [-0.4, -0.2) is 50.8 Å². The van der Waals surface area contributed by atoms with Crippen molar-refractivity contribution in [1.29, 1.82) is 0 Å². The van der Waals surface area contributed by atoms with Crippen molar-refractivity contribution in [3.8, 4) is 0 Å². The van der Waals surface area contributed by atoms with E-state index in [0.29, 0.717) is 30.6 Å².